The standard InChI is InChI=1S/C21H13F5N2OS2/c22-16-7-4-8-17(23)15(16)12-27-18-9-1-2-10-19(18)31-28(20(27)29)13-5-3-6-14(11-13)30-21(24,25)26/h1-11H,12H2. The van der Waals surface area contributed by atoms with Crippen molar-refractivity contribution in [2.45, 2.75) is 21.8 Å². The molecule has 31 heavy (non-hydrogen) atoms. The van der Waals surface area contributed by atoms with Crippen LogP contribution < -0.4 is 9.21 Å². The third-order valence-corrected chi connectivity index (χ3v) is 6.23. The van der Waals surface area contributed by atoms with Crippen molar-refractivity contribution in [3.05, 3.63) is 83.9 Å². The Kier molecular flexibility index (Phi) is 5.85. The van der Waals surface area contributed by atoms with E-state index in [1.807, 2.05) is 0 Å². The Morgan fingerprint density at radius 2 is 1.58 bits per heavy atom. The molecule has 2 amide bonds. The number of nitrogens with zero attached hydrogens (tertiary/aromatic N) is 2. The third-order valence-electron chi connectivity index (χ3n) is 4.41. The molecular weight excluding hydrogens is 455 g/mol. The van der Waals surface area contributed by atoms with Gasteiger partial charge in [0.05, 0.1) is 22.8 Å². The number of rotatable bonds is 4. The normalized spacial score (nSPS) is 14.0. The molecule has 3 aromatic carbocycles. The van der Waals surface area contributed by atoms with Crippen molar-refractivity contribution in [3.63, 3.8) is 0 Å². The Morgan fingerprint density at radius 3 is 2.29 bits per heavy atom. The molecule has 0 aliphatic carbocycles. The van der Waals surface area contributed by atoms with Gasteiger partial charge in [0.25, 0.3) is 0 Å². The lowest BCUT2D eigenvalue weighted by molar-refractivity contribution is -0.0328. The highest BCUT2D eigenvalue weighted by Crippen LogP contribution is 2.44. The van der Waals surface area contributed by atoms with Crippen LogP contribution in [0.5, 0.6) is 0 Å². The number of amides is 2. The number of anilines is 2. The number of hydrogen-bond acceptors (Lipinski definition) is 3. The molecule has 3 nitrogen and oxygen atoms in total. The van der Waals surface area contributed by atoms with Crippen LogP contribution in [0.1, 0.15) is 5.56 Å². The fraction of sp³-hybridized carbons (Fsp3) is 0.0952. The minimum atomic E-state index is -4.47. The molecule has 0 saturated heterocycles. The number of carbonyl (C=O) groups is 1. The first-order valence-electron chi connectivity index (χ1n) is 8.90. The number of urea groups is 1. The Balaban J connectivity index is 1.73. The largest absolute Gasteiger partial charge is 0.446 e. The second-order valence-corrected chi connectivity index (χ2v) is 8.59. The SMILES string of the molecule is O=C1N(Cc2c(F)cccc2F)c2ccccc2SN1c1cccc(SC(F)(F)F)c1. The van der Waals surface area contributed by atoms with Crippen LogP contribution in [0.4, 0.5) is 38.1 Å². The predicted molar refractivity (Wildman–Crippen MR) is 111 cm³/mol. The number of carbonyl (C=O) groups excluding carboxylic acids is 1. The van der Waals surface area contributed by atoms with Crippen molar-refractivity contribution < 1.29 is 26.7 Å². The van der Waals surface area contributed by atoms with Crippen molar-refractivity contribution in [2.75, 3.05) is 9.21 Å². The smallest absolute Gasteiger partial charge is 0.287 e. The lowest BCUT2D eigenvalue weighted by Gasteiger charge is -2.36. The zero-order valence-corrected chi connectivity index (χ0v) is 17.2. The van der Waals surface area contributed by atoms with Crippen molar-refractivity contribution in [2.24, 2.45) is 0 Å². The van der Waals surface area contributed by atoms with Gasteiger partial charge in [0.1, 0.15) is 11.6 Å². The van der Waals surface area contributed by atoms with Gasteiger partial charge < -0.3 is 0 Å². The fourth-order valence-electron chi connectivity index (χ4n) is 3.07. The quantitative estimate of drug-likeness (QED) is 0.229. The van der Waals surface area contributed by atoms with Crippen LogP contribution in [0.15, 0.2) is 76.5 Å². The predicted octanol–water partition coefficient (Wildman–Crippen LogP) is 7.23. The molecule has 0 N–H and O–H groups in total. The van der Waals surface area contributed by atoms with Crippen LogP contribution in [-0.4, -0.2) is 11.5 Å². The first-order valence-corrected chi connectivity index (χ1v) is 10.5. The molecule has 10 heteroatoms. The minimum absolute atomic E-state index is 0.0797. The Bertz CT molecular complexity index is 1120. The molecule has 0 aromatic heterocycles. The molecule has 1 aliphatic rings. The molecule has 3 aromatic rings. The number of hydrogen-bond donors (Lipinski definition) is 0. The summed E-state index contributed by atoms with van der Waals surface area (Å²) in [6.45, 7) is -0.373. The zero-order chi connectivity index (χ0) is 22.2. The molecule has 0 spiro atoms. The van der Waals surface area contributed by atoms with Crippen LogP contribution in [0.3, 0.4) is 0 Å². The highest BCUT2D eigenvalue weighted by atomic mass is 32.2. The number of para-hydroxylation sites is 1. The van der Waals surface area contributed by atoms with Crippen molar-refractivity contribution in [1.29, 1.82) is 0 Å². The van der Waals surface area contributed by atoms with E-state index in [2.05, 4.69) is 0 Å². The van der Waals surface area contributed by atoms with Crippen LogP contribution in [-0.2, 0) is 6.54 Å². The number of fused-ring (bicyclic) bond motifs is 1. The second-order valence-electron chi connectivity index (χ2n) is 6.47. The summed E-state index contributed by atoms with van der Waals surface area (Å²) < 4.78 is 68.0. The van der Waals surface area contributed by atoms with Gasteiger partial charge in [0, 0.05) is 10.5 Å². The van der Waals surface area contributed by atoms with E-state index in [1.165, 1.54) is 39.5 Å². The van der Waals surface area contributed by atoms with Crippen LogP contribution in [0.2, 0.25) is 0 Å². The highest BCUT2D eigenvalue weighted by molar-refractivity contribution is 8.01. The second kappa shape index (κ2) is 8.43. The van der Waals surface area contributed by atoms with Gasteiger partial charge in [-0.05, 0) is 66.2 Å². The summed E-state index contributed by atoms with van der Waals surface area (Å²) in [5.74, 6) is -1.59. The van der Waals surface area contributed by atoms with E-state index in [1.54, 1.807) is 24.3 Å². The topological polar surface area (TPSA) is 23.6 Å². The molecule has 0 atom stereocenters. The van der Waals surface area contributed by atoms with Gasteiger partial charge in [-0.25, -0.2) is 17.9 Å². The van der Waals surface area contributed by atoms with E-state index in [9.17, 15) is 26.7 Å². The van der Waals surface area contributed by atoms with E-state index in [0.29, 0.717) is 10.6 Å². The van der Waals surface area contributed by atoms with E-state index in [4.69, 9.17) is 0 Å². The summed E-state index contributed by atoms with van der Waals surface area (Å²) in [4.78, 5) is 15.0. The minimum Gasteiger partial charge on any atom is -0.287 e. The van der Waals surface area contributed by atoms with Crippen molar-refractivity contribution >= 4 is 41.1 Å². The van der Waals surface area contributed by atoms with E-state index < -0.39 is 23.2 Å². The molecule has 0 bridgehead atoms. The number of thioether (sulfide) groups is 1. The molecule has 160 valence electrons. The third kappa shape index (κ3) is 4.64. The van der Waals surface area contributed by atoms with Crippen LogP contribution in [0, 0.1) is 11.6 Å². The van der Waals surface area contributed by atoms with E-state index >= 15 is 0 Å². The molecule has 0 unspecified atom stereocenters. The Labute approximate surface area is 183 Å². The molecule has 0 fully saturated rings. The summed E-state index contributed by atoms with van der Waals surface area (Å²) in [6.07, 6.45) is 0. The fourth-order valence-corrected chi connectivity index (χ4v) is 4.67. The van der Waals surface area contributed by atoms with Crippen molar-refractivity contribution in [1.82, 2.24) is 0 Å². The highest BCUT2D eigenvalue weighted by Gasteiger charge is 2.34. The molecule has 0 saturated carbocycles. The van der Waals surface area contributed by atoms with E-state index in [-0.39, 0.29) is 34.5 Å². The summed E-state index contributed by atoms with van der Waals surface area (Å²) >= 11 is 0.745. The monoisotopic (exact) mass is 468 g/mol. The lowest BCUT2D eigenvalue weighted by Crippen LogP contribution is -2.43. The molecule has 0 radical (unpaired) electrons. The summed E-state index contributed by atoms with van der Waals surface area (Å²) in [6, 6.07) is 15.1. The zero-order valence-electron chi connectivity index (χ0n) is 15.6. The van der Waals surface area contributed by atoms with Gasteiger partial charge in [-0.1, -0.05) is 24.3 Å². The van der Waals surface area contributed by atoms with Crippen LogP contribution in [0.25, 0.3) is 0 Å². The lowest BCUT2D eigenvalue weighted by atomic mass is 10.1. The Morgan fingerprint density at radius 1 is 0.903 bits per heavy atom. The van der Waals surface area contributed by atoms with Gasteiger partial charge in [-0.15, -0.1) is 0 Å². The first kappa shape index (κ1) is 21.5. The molecule has 1 heterocycles. The maximum absolute atomic E-state index is 14.2. The van der Waals surface area contributed by atoms with Gasteiger partial charge in [-0.3, -0.25) is 4.90 Å². The maximum atomic E-state index is 14.2. The maximum Gasteiger partial charge on any atom is 0.446 e. The van der Waals surface area contributed by atoms with Gasteiger partial charge in [-0.2, -0.15) is 13.2 Å². The number of halogens is 5. The Hall–Kier alpha value is -2.72. The van der Waals surface area contributed by atoms with Gasteiger partial charge in [0.2, 0.25) is 0 Å². The number of benzene rings is 3. The van der Waals surface area contributed by atoms with E-state index in [0.717, 1.165) is 24.1 Å². The van der Waals surface area contributed by atoms with Gasteiger partial charge >= 0.3 is 11.5 Å². The van der Waals surface area contributed by atoms with Crippen LogP contribution >= 0.6 is 23.7 Å². The first-order chi connectivity index (χ1) is 14.7. The number of alkyl halides is 3. The molecule has 4 rings (SSSR count). The average molecular weight is 468 g/mol. The summed E-state index contributed by atoms with van der Waals surface area (Å²) in [5.41, 5.74) is -4.08. The molecular formula is C21H13F5N2OS2. The average Bonchev–Trinajstić information content (AvgIpc) is 2.71. The molecule has 1 aliphatic heterocycles. The summed E-state index contributed by atoms with van der Waals surface area (Å²) in [5, 5.41) is 0. The summed E-state index contributed by atoms with van der Waals surface area (Å²) in [7, 11) is 0. The van der Waals surface area contributed by atoms with Crippen molar-refractivity contribution in [3.8, 4) is 0 Å². The van der Waals surface area contributed by atoms with Gasteiger partial charge in [0.15, 0.2) is 0 Å².